The smallest absolute Gasteiger partial charge is 0.324 e. The van der Waals surface area contributed by atoms with Crippen LogP contribution in [0.15, 0.2) is 52.3 Å². The number of ether oxygens (including phenoxy) is 1. The molecule has 2 aromatic rings. The van der Waals surface area contributed by atoms with Gasteiger partial charge in [0, 0.05) is 4.90 Å². The van der Waals surface area contributed by atoms with E-state index in [1.165, 1.54) is 11.8 Å². The van der Waals surface area contributed by atoms with Crippen LogP contribution in [0.1, 0.15) is 13.8 Å². The average Bonchev–Trinajstić information content (AvgIpc) is 2.40. The van der Waals surface area contributed by atoms with Gasteiger partial charge < -0.3 is 9.84 Å². The maximum absolute atomic E-state index is 11.3. The minimum Gasteiger partial charge on any atom is -0.508 e. The van der Waals surface area contributed by atoms with Gasteiger partial charge in [-0.15, -0.1) is 0 Å². The van der Waals surface area contributed by atoms with Crippen molar-refractivity contribution in [3.05, 3.63) is 52.6 Å². The Balaban J connectivity index is 2.38. The number of phenols is 1. The van der Waals surface area contributed by atoms with E-state index in [-0.39, 0.29) is 23.3 Å². The highest BCUT2D eigenvalue weighted by molar-refractivity contribution is 7.99. The lowest BCUT2D eigenvalue weighted by molar-refractivity contribution is -0.388. The molecule has 6 heteroatoms. The van der Waals surface area contributed by atoms with E-state index in [4.69, 9.17) is 4.74 Å². The summed E-state index contributed by atoms with van der Waals surface area (Å²) in [6, 6.07) is 11.5. The first kappa shape index (κ1) is 15.2. The van der Waals surface area contributed by atoms with Crippen LogP contribution < -0.4 is 4.74 Å². The lowest BCUT2D eigenvalue weighted by Gasteiger charge is -2.12. The minimum atomic E-state index is -0.430. The molecule has 0 amide bonds. The van der Waals surface area contributed by atoms with Crippen molar-refractivity contribution in [2.24, 2.45) is 0 Å². The highest BCUT2D eigenvalue weighted by Crippen LogP contribution is 2.40. The van der Waals surface area contributed by atoms with Gasteiger partial charge in [-0.05, 0) is 50.2 Å². The Morgan fingerprint density at radius 2 is 1.86 bits per heavy atom. The summed E-state index contributed by atoms with van der Waals surface area (Å²) >= 11 is 1.26. The lowest BCUT2D eigenvalue weighted by Crippen LogP contribution is -2.07. The van der Waals surface area contributed by atoms with Crippen LogP contribution in [-0.4, -0.2) is 16.1 Å². The van der Waals surface area contributed by atoms with Crippen molar-refractivity contribution >= 4 is 17.4 Å². The molecule has 0 saturated carbocycles. The number of nitrogens with zero attached hydrogens (tertiary/aromatic N) is 1. The fourth-order valence-electron chi connectivity index (χ4n) is 1.75. The molecule has 0 aliphatic carbocycles. The second-order valence-electron chi connectivity index (χ2n) is 4.62. The molecule has 21 heavy (non-hydrogen) atoms. The quantitative estimate of drug-likeness (QED) is 0.660. The molecular weight excluding hydrogens is 290 g/mol. The van der Waals surface area contributed by atoms with E-state index in [1.807, 2.05) is 13.8 Å². The number of aromatic hydroxyl groups is 1. The fourth-order valence-corrected chi connectivity index (χ4v) is 2.70. The molecular formula is C15H15NO4S. The second-order valence-corrected chi connectivity index (χ2v) is 5.74. The predicted molar refractivity (Wildman–Crippen MR) is 81.1 cm³/mol. The highest BCUT2D eigenvalue weighted by Gasteiger charge is 2.22. The van der Waals surface area contributed by atoms with Crippen LogP contribution in [0.4, 0.5) is 5.69 Å². The number of hydrogen-bond donors (Lipinski definition) is 1. The van der Waals surface area contributed by atoms with Crippen molar-refractivity contribution in [3.63, 3.8) is 0 Å². The van der Waals surface area contributed by atoms with Gasteiger partial charge in [0.15, 0.2) is 5.75 Å². The standard InChI is InChI=1S/C15H15NO4S/c1-10(2)20-13-4-3-5-14(15(13)16(18)19)21-12-8-6-11(17)7-9-12/h3-10,17H,1-2H3. The van der Waals surface area contributed by atoms with Crippen LogP contribution in [-0.2, 0) is 0 Å². The van der Waals surface area contributed by atoms with Crippen LogP contribution in [0.25, 0.3) is 0 Å². The first-order valence-electron chi connectivity index (χ1n) is 6.38. The number of nitro groups is 1. The number of rotatable bonds is 5. The first-order valence-corrected chi connectivity index (χ1v) is 7.20. The molecule has 0 heterocycles. The summed E-state index contributed by atoms with van der Waals surface area (Å²) in [5.41, 5.74) is -0.0377. The van der Waals surface area contributed by atoms with E-state index >= 15 is 0 Å². The summed E-state index contributed by atoms with van der Waals surface area (Å²) in [7, 11) is 0. The molecule has 0 saturated heterocycles. The van der Waals surface area contributed by atoms with Crippen molar-refractivity contribution in [1.29, 1.82) is 0 Å². The molecule has 5 nitrogen and oxygen atoms in total. The van der Waals surface area contributed by atoms with Crippen LogP contribution >= 0.6 is 11.8 Å². The average molecular weight is 305 g/mol. The maximum atomic E-state index is 11.3. The van der Waals surface area contributed by atoms with Crippen LogP contribution in [0.3, 0.4) is 0 Å². The second kappa shape index (κ2) is 6.49. The molecule has 0 atom stereocenters. The Bertz CT molecular complexity index is 641. The Labute approximate surface area is 126 Å². The van der Waals surface area contributed by atoms with Gasteiger partial charge in [0.25, 0.3) is 0 Å². The Hall–Kier alpha value is -2.21. The summed E-state index contributed by atoms with van der Waals surface area (Å²) < 4.78 is 5.51. The van der Waals surface area contributed by atoms with Gasteiger partial charge in [-0.2, -0.15) is 0 Å². The van der Waals surface area contributed by atoms with E-state index in [2.05, 4.69) is 0 Å². The number of hydrogen-bond acceptors (Lipinski definition) is 5. The van der Waals surface area contributed by atoms with E-state index in [0.717, 1.165) is 4.90 Å². The molecule has 2 rings (SSSR count). The molecule has 0 spiro atoms. The Kier molecular flexibility index (Phi) is 4.70. The number of para-hydroxylation sites is 1. The largest absolute Gasteiger partial charge is 0.508 e. The topological polar surface area (TPSA) is 72.6 Å². The zero-order chi connectivity index (χ0) is 15.4. The molecule has 0 unspecified atom stereocenters. The molecule has 0 fully saturated rings. The van der Waals surface area contributed by atoms with Gasteiger partial charge in [-0.25, -0.2) is 0 Å². The van der Waals surface area contributed by atoms with Crippen molar-refractivity contribution < 1.29 is 14.8 Å². The highest BCUT2D eigenvalue weighted by atomic mass is 32.2. The third-order valence-electron chi connectivity index (χ3n) is 2.57. The molecule has 0 aliphatic heterocycles. The van der Waals surface area contributed by atoms with Crippen LogP contribution in [0.5, 0.6) is 11.5 Å². The lowest BCUT2D eigenvalue weighted by atomic mass is 10.3. The van der Waals surface area contributed by atoms with E-state index in [9.17, 15) is 15.2 Å². The maximum Gasteiger partial charge on any atom is 0.324 e. The Morgan fingerprint density at radius 1 is 1.19 bits per heavy atom. The van der Waals surface area contributed by atoms with Gasteiger partial charge >= 0.3 is 5.69 Å². The van der Waals surface area contributed by atoms with Gasteiger partial charge in [0.2, 0.25) is 0 Å². The van der Waals surface area contributed by atoms with Crippen LogP contribution in [0, 0.1) is 10.1 Å². The molecule has 0 aliphatic rings. The number of phenolic OH excluding ortho intramolecular Hbond substituents is 1. The zero-order valence-electron chi connectivity index (χ0n) is 11.6. The van der Waals surface area contributed by atoms with Gasteiger partial charge in [-0.1, -0.05) is 17.8 Å². The molecule has 1 N–H and O–H groups in total. The van der Waals surface area contributed by atoms with E-state index < -0.39 is 4.92 Å². The summed E-state index contributed by atoms with van der Waals surface area (Å²) in [5, 5.41) is 20.6. The third-order valence-corrected chi connectivity index (χ3v) is 3.63. The van der Waals surface area contributed by atoms with Gasteiger partial charge in [-0.3, -0.25) is 10.1 Å². The monoisotopic (exact) mass is 305 g/mol. The normalized spacial score (nSPS) is 10.6. The SMILES string of the molecule is CC(C)Oc1cccc(Sc2ccc(O)cc2)c1[N+](=O)[O-]. The molecule has 2 aromatic carbocycles. The molecule has 110 valence electrons. The zero-order valence-corrected chi connectivity index (χ0v) is 12.5. The summed E-state index contributed by atoms with van der Waals surface area (Å²) in [6.07, 6.45) is -0.141. The summed E-state index contributed by atoms with van der Waals surface area (Å²) in [4.78, 5) is 12.2. The van der Waals surface area contributed by atoms with Crippen LogP contribution in [0.2, 0.25) is 0 Å². The van der Waals surface area contributed by atoms with Gasteiger partial charge in [0.05, 0.1) is 15.9 Å². The first-order chi connectivity index (χ1) is 9.97. The number of nitro benzene ring substituents is 1. The minimum absolute atomic E-state index is 0.0377. The van der Waals surface area contributed by atoms with Gasteiger partial charge in [0.1, 0.15) is 5.75 Å². The molecule has 0 bridgehead atoms. The molecule has 0 radical (unpaired) electrons. The summed E-state index contributed by atoms with van der Waals surface area (Å²) in [5.74, 6) is 0.421. The Morgan fingerprint density at radius 3 is 2.43 bits per heavy atom. The molecule has 0 aromatic heterocycles. The van der Waals surface area contributed by atoms with E-state index in [1.54, 1.807) is 42.5 Å². The fraction of sp³-hybridized carbons (Fsp3) is 0.200. The summed E-state index contributed by atoms with van der Waals surface area (Å²) in [6.45, 7) is 3.65. The predicted octanol–water partition coefficient (Wildman–Crippen LogP) is 4.24. The van der Waals surface area contributed by atoms with Crippen molar-refractivity contribution in [3.8, 4) is 11.5 Å². The number of benzene rings is 2. The third kappa shape index (κ3) is 3.88. The van der Waals surface area contributed by atoms with Crippen molar-refractivity contribution in [1.82, 2.24) is 0 Å². The van der Waals surface area contributed by atoms with E-state index in [0.29, 0.717) is 4.90 Å². The van der Waals surface area contributed by atoms with Crippen molar-refractivity contribution in [2.45, 2.75) is 29.7 Å². The van der Waals surface area contributed by atoms with Crippen molar-refractivity contribution in [2.75, 3.05) is 0 Å².